The van der Waals surface area contributed by atoms with E-state index in [4.69, 9.17) is 9.47 Å². The van der Waals surface area contributed by atoms with Gasteiger partial charge < -0.3 is 14.6 Å². The van der Waals surface area contributed by atoms with Crippen LogP contribution in [0, 0.1) is 0 Å². The van der Waals surface area contributed by atoms with Crippen molar-refractivity contribution in [2.45, 2.75) is 12.1 Å². The van der Waals surface area contributed by atoms with Gasteiger partial charge in [0.15, 0.2) is 0 Å². The number of aromatic nitrogens is 1. The molecule has 0 radical (unpaired) electrons. The predicted octanol–water partition coefficient (Wildman–Crippen LogP) is 2.66. The number of benzene rings is 2. The van der Waals surface area contributed by atoms with Crippen LogP contribution < -0.4 is 4.74 Å². The van der Waals surface area contributed by atoms with Crippen LogP contribution in [0.5, 0.6) is 5.75 Å². The van der Waals surface area contributed by atoms with Crippen molar-refractivity contribution in [1.29, 1.82) is 0 Å². The van der Waals surface area contributed by atoms with Crippen LogP contribution in [0.4, 0.5) is 0 Å². The quantitative estimate of drug-likeness (QED) is 0.636. The second kappa shape index (κ2) is 9.32. The van der Waals surface area contributed by atoms with E-state index < -0.39 is 6.10 Å². The average molecular weight is 420 g/mol. The summed E-state index contributed by atoms with van der Waals surface area (Å²) in [5.41, 5.74) is 2.33. The van der Waals surface area contributed by atoms with E-state index in [1.54, 1.807) is 0 Å². The number of pyridine rings is 1. The standard InChI is InChI=1S/C25H29N3O3/c29-24(17-27-15-23(16-27)28-9-11-30-12-10-28)18-31-25-4-3-21-13-20(1-2-22(21)14-25)19-5-7-26-8-6-19/h1-8,13-14,23-24,29H,9-12,15-18H2. The van der Waals surface area contributed by atoms with Gasteiger partial charge in [-0.25, -0.2) is 0 Å². The summed E-state index contributed by atoms with van der Waals surface area (Å²) in [4.78, 5) is 8.88. The van der Waals surface area contributed by atoms with Gasteiger partial charge in [-0.3, -0.25) is 14.8 Å². The highest BCUT2D eigenvalue weighted by Gasteiger charge is 2.33. The van der Waals surface area contributed by atoms with E-state index in [9.17, 15) is 5.11 Å². The number of morpholine rings is 1. The molecule has 1 aromatic heterocycles. The van der Waals surface area contributed by atoms with Gasteiger partial charge >= 0.3 is 0 Å². The van der Waals surface area contributed by atoms with Crippen molar-refractivity contribution in [1.82, 2.24) is 14.8 Å². The third kappa shape index (κ3) is 4.88. The van der Waals surface area contributed by atoms with E-state index in [-0.39, 0.29) is 0 Å². The minimum absolute atomic E-state index is 0.305. The van der Waals surface area contributed by atoms with Crippen molar-refractivity contribution in [2.75, 3.05) is 52.5 Å². The Morgan fingerprint density at radius 2 is 1.71 bits per heavy atom. The van der Waals surface area contributed by atoms with Gasteiger partial charge in [0.1, 0.15) is 18.5 Å². The van der Waals surface area contributed by atoms with Gasteiger partial charge in [0.05, 0.1) is 13.2 Å². The van der Waals surface area contributed by atoms with Crippen LogP contribution in [0.1, 0.15) is 0 Å². The molecule has 31 heavy (non-hydrogen) atoms. The molecular weight excluding hydrogens is 390 g/mol. The number of fused-ring (bicyclic) bond motifs is 1. The van der Waals surface area contributed by atoms with Crippen molar-refractivity contribution in [3.63, 3.8) is 0 Å². The topological polar surface area (TPSA) is 58.1 Å². The first kappa shape index (κ1) is 20.4. The van der Waals surface area contributed by atoms with Crippen LogP contribution >= 0.6 is 0 Å². The molecule has 3 heterocycles. The molecule has 0 saturated carbocycles. The van der Waals surface area contributed by atoms with E-state index >= 15 is 0 Å². The van der Waals surface area contributed by atoms with Crippen LogP contribution in [0.3, 0.4) is 0 Å². The zero-order valence-electron chi connectivity index (χ0n) is 17.7. The Bertz CT molecular complexity index is 1000. The summed E-state index contributed by atoms with van der Waals surface area (Å²) in [5, 5.41) is 12.7. The number of hydrogen-bond donors (Lipinski definition) is 1. The Balaban J connectivity index is 1.12. The summed E-state index contributed by atoms with van der Waals surface area (Å²) in [6.45, 7) is 6.72. The van der Waals surface area contributed by atoms with E-state index in [0.717, 1.165) is 61.5 Å². The van der Waals surface area contributed by atoms with Gasteiger partial charge in [-0.1, -0.05) is 18.2 Å². The zero-order valence-corrected chi connectivity index (χ0v) is 17.7. The molecule has 0 aliphatic carbocycles. The molecule has 2 aliphatic heterocycles. The van der Waals surface area contributed by atoms with Crippen molar-refractivity contribution >= 4 is 10.8 Å². The summed E-state index contributed by atoms with van der Waals surface area (Å²) in [5.74, 6) is 0.790. The maximum atomic E-state index is 10.4. The highest BCUT2D eigenvalue weighted by atomic mass is 16.5. The molecule has 2 aromatic carbocycles. The molecular formula is C25H29N3O3. The van der Waals surface area contributed by atoms with Crippen molar-refractivity contribution in [3.8, 4) is 16.9 Å². The zero-order chi connectivity index (χ0) is 21.0. The molecule has 1 N–H and O–H groups in total. The lowest BCUT2D eigenvalue weighted by molar-refractivity contribution is -0.0461. The number of aliphatic hydroxyl groups excluding tert-OH is 1. The Hall–Kier alpha value is -2.51. The molecule has 1 atom stereocenters. The van der Waals surface area contributed by atoms with Gasteiger partial charge in [0, 0.05) is 51.2 Å². The Morgan fingerprint density at radius 1 is 0.968 bits per heavy atom. The van der Waals surface area contributed by atoms with Crippen LogP contribution in [-0.2, 0) is 4.74 Å². The molecule has 0 bridgehead atoms. The number of nitrogens with zero attached hydrogens (tertiary/aromatic N) is 3. The molecule has 162 valence electrons. The predicted molar refractivity (Wildman–Crippen MR) is 121 cm³/mol. The molecule has 1 unspecified atom stereocenters. The molecule has 0 spiro atoms. The number of β-amino-alcohol motifs (C(OH)–C–C–N with tert-alkyl or cyclic N) is 1. The lowest BCUT2D eigenvalue weighted by Crippen LogP contribution is -2.62. The molecule has 5 rings (SSSR count). The third-order valence-electron chi connectivity index (χ3n) is 6.24. The molecule has 2 aliphatic rings. The number of rotatable bonds is 7. The Kier molecular flexibility index (Phi) is 6.13. The largest absolute Gasteiger partial charge is 0.491 e. The first-order chi connectivity index (χ1) is 15.2. The highest BCUT2D eigenvalue weighted by Crippen LogP contribution is 2.27. The summed E-state index contributed by atoms with van der Waals surface area (Å²) >= 11 is 0. The van der Waals surface area contributed by atoms with Crippen molar-refractivity contribution in [2.24, 2.45) is 0 Å². The summed E-state index contributed by atoms with van der Waals surface area (Å²) in [6, 6.07) is 17.1. The maximum Gasteiger partial charge on any atom is 0.120 e. The van der Waals surface area contributed by atoms with Crippen LogP contribution in [0.15, 0.2) is 60.9 Å². The van der Waals surface area contributed by atoms with Gasteiger partial charge in [-0.15, -0.1) is 0 Å². The molecule has 0 amide bonds. The minimum atomic E-state index is -0.490. The van der Waals surface area contributed by atoms with Gasteiger partial charge in [-0.05, 0) is 52.2 Å². The Morgan fingerprint density at radius 3 is 2.52 bits per heavy atom. The molecule has 6 nitrogen and oxygen atoms in total. The average Bonchev–Trinajstić information content (AvgIpc) is 2.80. The number of hydrogen-bond acceptors (Lipinski definition) is 6. The minimum Gasteiger partial charge on any atom is -0.491 e. The summed E-state index contributed by atoms with van der Waals surface area (Å²) < 4.78 is 11.3. The Labute approximate surface area is 183 Å². The second-order valence-electron chi connectivity index (χ2n) is 8.45. The van der Waals surface area contributed by atoms with E-state index in [1.807, 2.05) is 36.7 Å². The first-order valence-electron chi connectivity index (χ1n) is 11.0. The third-order valence-corrected chi connectivity index (χ3v) is 6.24. The smallest absolute Gasteiger partial charge is 0.120 e. The molecule has 3 aromatic rings. The first-order valence-corrected chi connectivity index (χ1v) is 11.0. The fourth-order valence-corrected chi connectivity index (χ4v) is 4.45. The van der Waals surface area contributed by atoms with Gasteiger partial charge in [-0.2, -0.15) is 0 Å². The number of aliphatic hydroxyl groups is 1. The van der Waals surface area contributed by atoms with Gasteiger partial charge in [0.25, 0.3) is 0 Å². The van der Waals surface area contributed by atoms with Crippen LogP contribution in [0.25, 0.3) is 21.9 Å². The van der Waals surface area contributed by atoms with Crippen molar-refractivity contribution < 1.29 is 14.6 Å². The fraction of sp³-hybridized carbons (Fsp3) is 0.400. The fourth-order valence-electron chi connectivity index (χ4n) is 4.45. The SMILES string of the molecule is OC(COc1ccc2cc(-c3ccncc3)ccc2c1)CN1CC(N2CCOCC2)C1. The maximum absolute atomic E-state index is 10.4. The van der Waals surface area contributed by atoms with Crippen molar-refractivity contribution in [3.05, 3.63) is 60.9 Å². The van der Waals surface area contributed by atoms with Crippen LogP contribution in [-0.4, -0.2) is 84.6 Å². The lowest BCUT2D eigenvalue weighted by Gasteiger charge is -2.47. The van der Waals surface area contributed by atoms with E-state index in [2.05, 4.69) is 39.0 Å². The highest BCUT2D eigenvalue weighted by molar-refractivity contribution is 5.88. The second-order valence-corrected chi connectivity index (χ2v) is 8.45. The lowest BCUT2D eigenvalue weighted by atomic mass is 10.0. The number of likely N-dealkylation sites (tertiary alicyclic amines) is 1. The molecule has 2 saturated heterocycles. The molecule has 6 heteroatoms. The van der Waals surface area contributed by atoms with E-state index in [1.165, 1.54) is 5.56 Å². The monoisotopic (exact) mass is 419 g/mol. The summed E-state index contributed by atoms with van der Waals surface area (Å²) in [7, 11) is 0. The molecule has 2 fully saturated rings. The van der Waals surface area contributed by atoms with E-state index in [0.29, 0.717) is 19.2 Å². The van der Waals surface area contributed by atoms with Crippen LogP contribution in [0.2, 0.25) is 0 Å². The summed E-state index contributed by atoms with van der Waals surface area (Å²) in [6.07, 6.45) is 3.13. The normalized spacial score (nSPS) is 19.3. The number of ether oxygens (including phenoxy) is 2. The van der Waals surface area contributed by atoms with Gasteiger partial charge in [0.2, 0.25) is 0 Å².